The van der Waals surface area contributed by atoms with Crippen LogP contribution in [0.15, 0.2) is 54.6 Å². The smallest absolute Gasteiger partial charge is 0.330 e. The van der Waals surface area contributed by atoms with Gasteiger partial charge in [-0.3, -0.25) is 4.79 Å². The SMILES string of the molecule is CCOC(=O)/C=C/c1cccc(C(=O)c2ccc(OC)cc2)c1. The first-order valence-electron chi connectivity index (χ1n) is 7.27. The molecule has 0 aliphatic carbocycles. The molecule has 2 aromatic rings. The minimum absolute atomic E-state index is 0.0842. The third kappa shape index (κ3) is 4.54. The van der Waals surface area contributed by atoms with Crippen molar-refractivity contribution < 1.29 is 19.1 Å². The number of methoxy groups -OCH3 is 1. The van der Waals surface area contributed by atoms with E-state index in [1.807, 2.05) is 6.07 Å². The highest BCUT2D eigenvalue weighted by Crippen LogP contribution is 2.16. The van der Waals surface area contributed by atoms with E-state index >= 15 is 0 Å². The van der Waals surface area contributed by atoms with Gasteiger partial charge in [-0.1, -0.05) is 18.2 Å². The zero-order chi connectivity index (χ0) is 16.7. The molecule has 0 saturated carbocycles. The largest absolute Gasteiger partial charge is 0.497 e. The zero-order valence-corrected chi connectivity index (χ0v) is 13.1. The second-order valence-electron chi connectivity index (χ2n) is 4.77. The predicted octanol–water partition coefficient (Wildman–Crippen LogP) is 3.50. The van der Waals surface area contributed by atoms with Gasteiger partial charge in [-0.05, 0) is 48.9 Å². The molecular formula is C19H18O4. The molecule has 0 N–H and O–H groups in total. The number of hydrogen-bond acceptors (Lipinski definition) is 4. The van der Waals surface area contributed by atoms with Gasteiger partial charge >= 0.3 is 5.97 Å². The van der Waals surface area contributed by atoms with Crippen molar-refractivity contribution in [1.82, 2.24) is 0 Å². The Bertz CT molecular complexity index is 714. The molecule has 2 aromatic carbocycles. The fourth-order valence-electron chi connectivity index (χ4n) is 2.05. The summed E-state index contributed by atoms with van der Waals surface area (Å²) in [5, 5.41) is 0. The molecule has 0 radical (unpaired) electrons. The van der Waals surface area contributed by atoms with Crippen molar-refractivity contribution in [2.75, 3.05) is 13.7 Å². The van der Waals surface area contributed by atoms with Crippen LogP contribution in [0.4, 0.5) is 0 Å². The van der Waals surface area contributed by atoms with E-state index in [0.717, 1.165) is 5.56 Å². The van der Waals surface area contributed by atoms with Crippen LogP contribution in [0.2, 0.25) is 0 Å². The van der Waals surface area contributed by atoms with E-state index in [4.69, 9.17) is 9.47 Å². The quantitative estimate of drug-likeness (QED) is 0.465. The number of rotatable bonds is 6. The molecule has 4 nitrogen and oxygen atoms in total. The molecule has 2 rings (SSSR count). The number of carbonyl (C=O) groups is 2. The first kappa shape index (κ1) is 16.5. The maximum absolute atomic E-state index is 12.5. The molecule has 0 spiro atoms. The predicted molar refractivity (Wildman–Crippen MR) is 88.5 cm³/mol. The molecule has 4 heteroatoms. The molecule has 0 saturated heterocycles. The molecule has 0 amide bonds. The first-order chi connectivity index (χ1) is 11.1. The third-order valence-electron chi connectivity index (χ3n) is 3.20. The summed E-state index contributed by atoms with van der Waals surface area (Å²) in [6, 6.07) is 14.0. The number of benzene rings is 2. The lowest BCUT2D eigenvalue weighted by atomic mass is 10.0. The second kappa shape index (κ2) is 7.94. The van der Waals surface area contributed by atoms with Gasteiger partial charge in [-0.25, -0.2) is 4.79 Å². The number of esters is 1. The number of hydrogen-bond donors (Lipinski definition) is 0. The number of ether oxygens (including phenoxy) is 2. The molecule has 0 unspecified atom stereocenters. The average Bonchev–Trinajstić information content (AvgIpc) is 2.60. The van der Waals surface area contributed by atoms with Crippen LogP contribution in [0, 0.1) is 0 Å². The van der Waals surface area contributed by atoms with Crippen LogP contribution in [-0.4, -0.2) is 25.5 Å². The van der Waals surface area contributed by atoms with Crippen LogP contribution in [0.25, 0.3) is 6.08 Å². The highest BCUT2D eigenvalue weighted by atomic mass is 16.5. The fourth-order valence-corrected chi connectivity index (χ4v) is 2.05. The van der Waals surface area contributed by atoms with Gasteiger partial charge < -0.3 is 9.47 Å². The van der Waals surface area contributed by atoms with E-state index in [1.54, 1.807) is 62.6 Å². The van der Waals surface area contributed by atoms with Crippen molar-refractivity contribution in [3.63, 3.8) is 0 Å². The van der Waals surface area contributed by atoms with Crippen LogP contribution >= 0.6 is 0 Å². The lowest BCUT2D eigenvalue weighted by Gasteiger charge is -2.04. The van der Waals surface area contributed by atoms with E-state index in [2.05, 4.69) is 0 Å². The van der Waals surface area contributed by atoms with Gasteiger partial charge in [0.05, 0.1) is 13.7 Å². The Morgan fingerprint density at radius 3 is 2.43 bits per heavy atom. The van der Waals surface area contributed by atoms with Gasteiger partial charge in [0.25, 0.3) is 0 Å². The van der Waals surface area contributed by atoms with Crippen LogP contribution in [0.1, 0.15) is 28.4 Å². The molecule has 0 atom stereocenters. The Balaban J connectivity index is 2.17. The Hall–Kier alpha value is -2.88. The van der Waals surface area contributed by atoms with Gasteiger partial charge in [0.1, 0.15) is 5.75 Å². The molecule has 23 heavy (non-hydrogen) atoms. The van der Waals surface area contributed by atoms with Crippen molar-refractivity contribution >= 4 is 17.8 Å². The molecule has 0 bridgehead atoms. The van der Waals surface area contributed by atoms with Crippen LogP contribution < -0.4 is 4.74 Å². The highest BCUT2D eigenvalue weighted by Gasteiger charge is 2.09. The zero-order valence-electron chi connectivity index (χ0n) is 13.1. The van der Waals surface area contributed by atoms with E-state index in [0.29, 0.717) is 23.5 Å². The number of ketones is 1. The summed E-state index contributed by atoms with van der Waals surface area (Å²) in [5.41, 5.74) is 1.90. The van der Waals surface area contributed by atoms with Crippen LogP contribution in [0.5, 0.6) is 5.75 Å². The normalized spacial score (nSPS) is 10.5. The van der Waals surface area contributed by atoms with E-state index < -0.39 is 5.97 Å². The van der Waals surface area contributed by atoms with Crippen molar-refractivity contribution in [3.05, 3.63) is 71.3 Å². The Morgan fingerprint density at radius 2 is 1.78 bits per heavy atom. The van der Waals surface area contributed by atoms with E-state index in [9.17, 15) is 9.59 Å². The lowest BCUT2D eigenvalue weighted by Crippen LogP contribution is -2.01. The summed E-state index contributed by atoms with van der Waals surface area (Å²) in [4.78, 5) is 23.8. The monoisotopic (exact) mass is 310 g/mol. The van der Waals surface area contributed by atoms with Crippen molar-refractivity contribution in [2.45, 2.75) is 6.92 Å². The molecule has 0 fully saturated rings. The van der Waals surface area contributed by atoms with E-state index in [-0.39, 0.29) is 5.78 Å². The minimum atomic E-state index is -0.403. The Labute approximate surface area is 135 Å². The van der Waals surface area contributed by atoms with Crippen LogP contribution in [0.3, 0.4) is 0 Å². The summed E-state index contributed by atoms with van der Waals surface area (Å²) in [6.07, 6.45) is 2.98. The van der Waals surface area contributed by atoms with Gasteiger partial charge in [0, 0.05) is 17.2 Å². The maximum Gasteiger partial charge on any atom is 0.330 e. The standard InChI is InChI=1S/C19H18O4/c1-3-23-18(20)12-7-14-5-4-6-16(13-14)19(21)15-8-10-17(22-2)11-9-15/h4-13H,3H2,1-2H3/b12-7+. The Morgan fingerprint density at radius 1 is 1.04 bits per heavy atom. The molecule has 0 aliphatic heterocycles. The molecule has 0 heterocycles. The molecular weight excluding hydrogens is 292 g/mol. The van der Waals surface area contributed by atoms with E-state index in [1.165, 1.54) is 6.08 Å². The summed E-state index contributed by atoms with van der Waals surface area (Å²) in [5.74, 6) is 0.214. The maximum atomic E-state index is 12.5. The third-order valence-corrected chi connectivity index (χ3v) is 3.20. The van der Waals surface area contributed by atoms with Gasteiger partial charge in [0.2, 0.25) is 0 Å². The number of carbonyl (C=O) groups excluding carboxylic acids is 2. The van der Waals surface area contributed by atoms with Crippen molar-refractivity contribution in [3.8, 4) is 5.75 Å². The topological polar surface area (TPSA) is 52.6 Å². The Kier molecular flexibility index (Phi) is 5.69. The minimum Gasteiger partial charge on any atom is -0.497 e. The summed E-state index contributed by atoms with van der Waals surface area (Å²) < 4.78 is 9.91. The lowest BCUT2D eigenvalue weighted by molar-refractivity contribution is -0.137. The average molecular weight is 310 g/mol. The van der Waals surface area contributed by atoms with Gasteiger partial charge in [-0.15, -0.1) is 0 Å². The molecule has 0 aromatic heterocycles. The van der Waals surface area contributed by atoms with Crippen molar-refractivity contribution in [2.24, 2.45) is 0 Å². The highest BCUT2D eigenvalue weighted by molar-refractivity contribution is 6.09. The molecule has 118 valence electrons. The summed E-state index contributed by atoms with van der Waals surface area (Å²) >= 11 is 0. The first-order valence-corrected chi connectivity index (χ1v) is 7.27. The van der Waals surface area contributed by atoms with Gasteiger partial charge in [0.15, 0.2) is 5.78 Å². The second-order valence-corrected chi connectivity index (χ2v) is 4.77. The molecule has 0 aliphatic rings. The fraction of sp³-hybridized carbons (Fsp3) is 0.158. The summed E-state index contributed by atoms with van der Waals surface area (Å²) in [6.45, 7) is 2.08. The van der Waals surface area contributed by atoms with Gasteiger partial charge in [-0.2, -0.15) is 0 Å². The summed E-state index contributed by atoms with van der Waals surface area (Å²) in [7, 11) is 1.58. The van der Waals surface area contributed by atoms with Crippen LogP contribution in [-0.2, 0) is 9.53 Å². The van der Waals surface area contributed by atoms with Crippen molar-refractivity contribution in [1.29, 1.82) is 0 Å².